The number of ether oxygens (including phenoxy) is 3. The fourth-order valence-corrected chi connectivity index (χ4v) is 5.62. The lowest BCUT2D eigenvalue weighted by molar-refractivity contribution is -0.143. The van der Waals surface area contributed by atoms with Crippen molar-refractivity contribution in [1.29, 1.82) is 0 Å². The minimum absolute atomic E-state index is 0.151. The summed E-state index contributed by atoms with van der Waals surface area (Å²) in [5.41, 5.74) is 0.640. The number of hydrogen-bond donors (Lipinski definition) is 0. The smallest absolute Gasteiger partial charge is 0.326 e. The molecule has 1 aliphatic heterocycles. The minimum Gasteiger partial charge on any atom is -0.486 e. The number of carbonyl (C=O) groups is 2. The summed E-state index contributed by atoms with van der Waals surface area (Å²) in [7, 11) is -3.61. The molecule has 0 fully saturated rings. The molecule has 0 aliphatic carbocycles. The van der Waals surface area contributed by atoms with Gasteiger partial charge in [-0.15, -0.1) is 0 Å². The molecular weight excluding hydrogens is 468 g/mol. The van der Waals surface area contributed by atoms with Crippen LogP contribution in [0.15, 0.2) is 52.4 Å². The highest BCUT2D eigenvalue weighted by Gasteiger charge is 2.19. The van der Waals surface area contributed by atoms with Gasteiger partial charge in [0.15, 0.2) is 26.1 Å². The Labute approximate surface area is 194 Å². The second-order valence-electron chi connectivity index (χ2n) is 7.13. The quantitative estimate of drug-likeness (QED) is 0.467. The van der Waals surface area contributed by atoms with E-state index in [1.807, 2.05) is 0 Å². The van der Waals surface area contributed by atoms with E-state index in [2.05, 4.69) is 4.99 Å². The van der Waals surface area contributed by atoms with Gasteiger partial charge in [0.25, 0.3) is 0 Å². The molecule has 0 N–H and O–H groups in total. The number of rotatable bonds is 7. The predicted octanol–water partition coefficient (Wildman–Crippen LogP) is 2.33. The molecule has 3 aromatic rings. The van der Waals surface area contributed by atoms with Crippen molar-refractivity contribution in [3.8, 4) is 11.5 Å². The molecule has 1 aromatic heterocycles. The molecule has 0 spiro atoms. The van der Waals surface area contributed by atoms with Crippen LogP contribution in [0.4, 0.5) is 0 Å². The summed E-state index contributed by atoms with van der Waals surface area (Å²) in [4.78, 5) is 29.3. The van der Waals surface area contributed by atoms with Crippen LogP contribution < -0.4 is 14.3 Å². The second-order valence-corrected chi connectivity index (χ2v) is 10.2. The first-order valence-corrected chi connectivity index (χ1v) is 12.8. The van der Waals surface area contributed by atoms with Crippen LogP contribution in [0, 0.1) is 0 Å². The monoisotopic (exact) mass is 490 g/mol. The Morgan fingerprint density at radius 1 is 1.12 bits per heavy atom. The van der Waals surface area contributed by atoms with Crippen LogP contribution in [0.25, 0.3) is 10.2 Å². The molecule has 33 heavy (non-hydrogen) atoms. The van der Waals surface area contributed by atoms with Crippen molar-refractivity contribution in [3.05, 3.63) is 47.3 Å². The van der Waals surface area contributed by atoms with E-state index in [0.717, 1.165) is 4.70 Å². The van der Waals surface area contributed by atoms with Gasteiger partial charge in [-0.25, -0.2) is 8.42 Å². The van der Waals surface area contributed by atoms with E-state index in [9.17, 15) is 18.0 Å². The largest absolute Gasteiger partial charge is 0.486 e. The predicted molar refractivity (Wildman–Crippen MR) is 121 cm³/mol. The lowest BCUT2D eigenvalue weighted by Crippen LogP contribution is -2.23. The summed E-state index contributed by atoms with van der Waals surface area (Å²) in [6.07, 6.45) is -0.284. The number of thiazole rings is 1. The maximum absolute atomic E-state index is 12.6. The first kappa shape index (κ1) is 23.0. The standard InChI is InChI=1S/C22H22N2O7S2/c1-2-29-21(26)14-24-16-12-17-18(31-10-9-30-17)13-19(16)32-22(24)23-20(25)8-11-33(27,28)15-6-4-3-5-7-15/h3-7,12-13H,2,8-11,14H2,1H3. The molecule has 9 nitrogen and oxygen atoms in total. The minimum atomic E-state index is -3.61. The first-order chi connectivity index (χ1) is 15.9. The summed E-state index contributed by atoms with van der Waals surface area (Å²) in [5.74, 6) is -0.331. The van der Waals surface area contributed by atoms with Gasteiger partial charge < -0.3 is 18.8 Å². The van der Waals surface area contributed by atoms with Crippen LogP contribution in [0.5, 0.6) is 11.5 Å². The Balaban J connectivity index is 1.66. The topological polar surface area (TPSA) is 113 Å². The Morgan fingerprint density at radius 3 is 2.52 bits per heavy atom. The molecule has 174 valence electrons. The summed E-state index contributed by atoms with van der Waals surface area (Å²) < 4.78 is 43.6. The van der Waals surface area contributed by atoms with E-state index in [1.54, 1.807) is 41.8 Å². The van der Waals surface area contributed by atoms with Crippen LogP contribution in [-0.4, -0.2) is 50.4 Å². The zero-order valence-electron chi connectivity index (χ0n) is 17.9. The van der Waals surface area contributed by atoms with Crippen molar-refractivity contribution in [1.82, 2.24) is 4.57 Å². The van der Waals surface area contributed by atoms with Crippen molar-refractivity contribution in [2.24, 2.45) is 4.99 Å². The van der Waals surface area contributed by atoms with Gasteiger partial charge in [-0.2, -0.15) is 4.99 Å². The van der Waals surface area contributed by atoms with Gasteiger partial charge in [-0.3, -0.25) is 9.59 Å². The Bertz CT molecular complexity index is 1360. The summed E-state index contributed by atoms with van der Waals surface area (Å²) in [5, 5.41) is 0. The molecule has 0 saturated heterocycles. The molecule has 4 rings (SSSR count). The molecule has 1 aliphatic rings. The molecular formula is C22H22N2O7S2. The first-order valence-electron chi connectivity index (χ1n) is 10.3. The zero-order chi connectivity index (χ0) is 23.4. The molecule has 11 heteroatoms. The fourth-order valence-electron chi connectivity index (χ4n) is 3.31. The molecule has 0 saturated carbocycles. The van der Waals surface area contributed by atoms with Crippen LogP contribution in [-0.2, 0) is 30.7 Å². The molecule has 2 heterocycles. The fraction of sp³-hybridized carbons (Fsp3) is 0.318. The second kappa shape index (κ2) is 9.75. The maximum Gasteiger partial charge on any atom is 0.326 e. The highest BCUT2D eigenvalue weighted by molar-refractivity contribution is 7.91. The van der Waals surface area contributed by atoms with Gasteiger partial charge in [0, 0.05) is 18.6 Å². The van der Waals surface area contributed by atoms with Gasteiger partial charge in [-0.1, -0.05) is 29.5 Å². The lowest BCUT2D eigenvalue weighted by Gasteiger charge is -2.18. The lowest BCUT2D eigenvalue weighted by atomic mass is 10.2. The number of benzene rings is 2. The Morgan fingerprint density at radius 2 is 1.82 bits per heavy atom. The number of hydrogen-bond acceptors (Lipinski definition) is 8. The number of fused-ring (bicyclic) bond motifs is 2. The van der Waals surface area contributed by atoms with Gasteiger partial charge in [-0.05, 0) is 19.1 Å². The van der Waals surface area contributed by atoms with Gasteiger partial charge >= 0.3 is 5.97 Å². The highest BCUT2D eigenvalue weighted by atomic mass is 32.2. The van der Waals surface area contributed by atoms with E-state index in [1.165, 1.54) is 23.5 Å². The van der Waals surface area contributed by atoms with E-state index in [0.29, 0.717) is 30.2 Å². The Kier molecular flexibility index (Phi) is 6.80. The van der Waals surface area contributed by atoms with E-state index in [-0.39, 0.29) is 35.0 Å². The Hall–Kier alpha value is -3.18. The van der Waals surface area contributed by atoms with E-state index < -0.39 is 21.7 Å². The number of amides is 1. The van der Waals surface area contributed by atoms with E-state index in [4.69, 9.17) is 14.2 Å². The summed E-state index contributed by atoms with van der Waals surface area (Å²) >= 11 is 1.20. The number of aromatic nitrogens is 1. The molecule has 0 radical (unpaired) electrons. The number of esters is 1. The van der Waals surface area contributed by atoms with Crippen LogP contribution >= 0.6 is 11.3 Å². The average molecular weight is 491 g/mol. The van der Waals surface area contributed by atoms with Crippen LogP contribution in [0.1, 0.15) is 13.3 Å². The van der Waals surface area contributed by atoms with Gasteiger partial charge in [0.2, 0.25) is 5.91 Å². The van der Waals surface area contributed by atoms with Crippen LogP contribution in [0.3, 0.4) is 0 Å². The van der Waals surface area contributed by atoms with Crippen LogP contribution in [0.2, 0.25) is 0 Å². The number of sulfone groups is 1. The third kappa shape index (κ3) is 5.25. The molecule has 2 aromatic carbocycles. The molecule has 1 amide bonds. The normalized spacial score (nSPS) is 13.8. The van der Waals surface area contributed by atoms with Crippen molar-refractivity contribution in [2.45, 2.75) is 24.8 Å². The summed E-state index contributed by atoms with van der Waals surface area (Å²) in [6, 6.07) is 11.5. The van der Waals surface area contributed by atoms with Gasteiger partial charge in [0.05, 0.1) is 27.5 Å². The van der Waals surface area contributed by atoms with Gasteiger partial charge in [0.1, 0.15) is 19.8 Å². The third-order valence-electron chi connectivity index (χ3n) is 4.85. The summed E-state index contributed by atoms with van der Waals surface area (Å²) in [6.45, 7) is 2.61. The van der Waals surface area contributed by atoms with Crippen molar-refractivity contribution in [3.63, 3.8) is 0 Å². The van der Waals surface area contributed by atoms with Crippen molar-refractivity contribution >= 4 is 43.3 Å². The third-order valence-corrected chi connectivity index (χ3v) is 7.62. The average Bonchev–Trinajstić information content (AvgIpc) is 3.12. The molecule has 0 unspecified atom stereocenters. The zero-order valence-corrected chi connectivity index (χ0v) is 19.5. The number of carbonyl (C=O) groups excluding carboxylic acids is 2. The van der Waals surface area contributed by atoms with E-state index >= 15 is 0 Å². The molecule has 0 bridgehead atoms. The van der Waals surface area contributed by atoms with Crippen molar-refractivity contribution < 1.29 is 32.2 Å². The number of nitrogens with zero attached hydrogens (tertiary/aromatic N) is 2. The van der Waals surface area contributed by atoms with Crippen molar-refractivity contribution in [2.75, 3.05) is 25.6 Å². The highest BCUT2D eigenvalue weighted by Crippen LogP contribution is 2.35. The SMILES string of the molecule is CCOC(=O)Cn1c(=NC(=O)CCS(=O)(=O)c2ccccc2)sc2cc3c(cc21)OCCO3. The maximum atomic E-state index is 12.6. The molecule has 0 atom stereocenters.